The molecule has 7 aromatic carbocycles. The number of fused-ring (bicyclic) bond motifs is 9. The first-order chi connectivity index (χ1) is 22.3. The third-order valence-electron chi connectivity index (χ3n) is 9.44. The van der Waals surface area contributed by atoms with E-state index in [0.29, 0.717) is 0 Å². The van der Waals surface area contributed by atoms with Crippen LogP contribution in [0.2, 0.25) is 0 Å². The van der Waals surface area contributed by atoms with Crippen molar-refractivity contribution in [2.24, 2.45) is 0 Å². The fourth-order valence-corrected chi connectivity index (χ4v) is 7.59. The number of hydrogen-bond acceptors (Lipinski definition) is 2. The molecule has 0 unspecified atom stereocenters. The molecule has 0 saturated heterocycles. The first-order valence-electron chi connectivity index (χ1n) is 15.5. The molecule has 0 fully saturated rings. The van der Waals surface area contributed by atoms with E-state index in [1.165, 1.54) is 55.9 Å². The topological polar surface area (TPSA) is 15.3 Å². The van der Waals surface area contributed by atoms with Gasteiger partial charge in [-0.25, -0.2) is 0 Å². The van der Waals surface area contributed by atoms with Crippen molar-refractivity contribution in [3.8, 4) is 22.3 Å². The largest absolute Gasteiger partial charge is 0.356 e. The van der Waals surface area contributed by atoms with Crippen LogP contribution in [-0.4, -0.2) is 0 Å². The lowest BCUT2D eigenvalue weighted by molar-refractivity contribution is 0.753. The van der Waals surface area contributed by atoms with Gasteiger partial charge < -0.3 is 10.2 Å². The Bertz CT molecular complexity index is 2140. The van der Waals surface area contributed by atoms with E-state index in [4.69, 9.17) is 0 Å². The zero-order valence-corrected chi connectivity index (χ0v) is 24.7. The van der Waals surface area contributed by atoms with Crippen molar-refractivity contribution >= 4 is 28.4 Å². The third-order valence-corrected chi connectivity index (χ3v) is 9.44. The van der Waals surface area contributed by atoms with Crippen LogP contribution in [0.1, 0.15) is 22.3 Å². The number of para-hydroxylation sites is 3. The predicted molar refractivity (Wildman–Crippen MR) is 187 cm³/mol. The summed E-state index contributed by atoms with van der Waals surface area (Å²) in [5, 5.41) is 3.69. The van der Waals surface area contributed by atoms with E-state index in [9.17, 15) is 0 Å². The summed E-state index contributed by atoms with van der Waals surface area (Å²) in [5.74, 6) is 0. The third kappa shape index (κ3) is 3.82. The van der Waals surface area contributed by atoms with Crippen molar-refractivity contribution in [2.45, 2.75) is 5.41 Å². The van der Waals surface area contributed by atoms with Gasteiger partial charge in [0.15, 0.2) is 0 Å². The van der Waals surface area contributed by atoms with Crippen LogP contribution in [0, 0.1) is 0 Å². The maximum Gasteiger partial charge on any atom is 0.0754 e. The van der Waals surface area contributed by atoms with E-state index in [1.807, 2.05) is 0 Å². The molecule has 45 heavy (non-hydrogen) atoms. The van der Waals surface area contributed by atoms with Crippen LogP contribution in [0.3, 0.4) is 0 Å². The minimum atomic E-state index is -0.430. The van der Waals surface area contributed by atoms with Gasteiger partial charge in [-0.2, -0.15) is 0 Å². The second kappa shape index (κ2) is 10.1. The molecule has 0 aromatic heterocycles. The average Bonchev–Trinajstić information content (AvgIpc) is 3.40. The van der Waals surface area contributed by atoms with Crippen LogP contribution < -0.4 is 10.2 Å². The summed E-state index contributed by atoms with van der Waals surface area (Å²) in [6, 6.07) is 63.7. The van der Waals surface area contributed by atoms with E-state index in [2.05, 4.69) is 186 Å². The Kier molecular flexibility index (Phi) is 5.76. The molecule has 0 amide bonds. The van der Waals surface area contributed by atoms with Gasteiger partial charge in [0.1, 0.15) is 0 Å². The first-order valence-corrected chi connectivity index (χ1v) is 15.5. The maximum atomic E-state index is 3.69. The van der Waals surface area contributed by atoms with Gasteiger partial charge in [-0.3, -0.25) is 0 Å². The van der Waals surface area contributed by atoms with E-state index >= 15 is 0 Å². The molecule has 0 atom stereocenters. The van der Waals surface area contributed by atoms with Gasteiger partial charge in [-0.05, 0) is 93.0 Å². The summed E-state index contributed by atoms with van der Waals surface area (Å²) >= 11 is 0. The zero-order chi connectivity index (χ0) is 29.8. The lowest BCUT2D eigenvalue weighted by atomic mass is 9.64. The second-order valence-corrected chi connectivity index (χ2v) is 11.8. The summed E-state index contributed by atoms with van der Waals surface area (Å²) < 4.78 is 0. The predicted octanol–water partition coefficient (Wildman–Crippen LogP) is 11.2. The molecule has 7 aromatic rings. The Morgan fingerprint density at radius 1 is 0.378 bits per heavy atom. The van der Waals surface area contributed by atoms with Crippen molar-refractivity contribution in [3.63, 3.8) is 0 Å². The fourth-order valence-electron chi connectivity index (χ4n) is 7.59. The van der Waals surface area contributed by atoms with Crippen LogP contribution in [0.4, 0.5) is 28.4 Å². The molecule has 0 saturated carbocycles. The van der Waals surface area contributed by atoms with Gasteiger partial charge in [0.05, 0.1) is 16.8 Å². The highest BCUT2D eigenvalue weighted by atomic mass is 15.2. The lowest BCUT2D eigenvalue weighted by Gasteiger charge is -2.45. The van der Waals surface area contributed by atoms with Crippen molar-refractivity contribution < 1.29 is 0 Å². The highest BCUT2D eigenvalue weighted by Gasteiger charge is 2.51. The quantitative estimate of drug-likeness (QED) is 0.225. The molecule has 2 aliphatic rings. The Morgan fingerprint density at radius 2 is 0.889 bits per heavy atom. The zero-order valence-electron chi connectivity index (χ0n) is 24.7. The highest BCUT2D eigenvalue weighted by molar-refractivity contribution is 5.96. The van der Waals surface area contributed by atoms with Gasteiger partial charge in [0.25, 0.3) is 0 Å². The number of nitrogens with one attached hydrogen (secondary N) is 1. The number of rotatable bonds is 4. The Labute approximate surface area is 263 Å². The summed E-state index contributed by atoms with van der Waals surface area (Å²) in [5.41, 5.74) is 15.6. The monoisotopic (exact) mass is 574 g/mol. The first kappa shape index (κ1) is 25.6. The van der Waals surface area contributed by atoms with E-state index < -0.39 is 5.41 Å². The smallest absolute Gasteiger partial charge is 0.0754 e. The van der Waals surface area contributed by atoms with Crippen molar-refractivity contribution in [1.82, 2.24) is 0 Å². The molecule has 1 spiro atoms. The van der Waals surface area contributed by atoms with Crippen LogP contribution >= 0.6 is 0 Å². The van der Waals surface area contributed by atoms with E-state index in [-0.39, 0.29) is 0 Å². The van der Waals surface area contributed by atoms with Gasteiger partial charge in [-0.15, -0.1) is 0 Å². The molecule has 212 valence electrons. The highest BCUT2D eigenvalue weighted by Crippen LogP contribution is 2.63. The number of benzene rings is 7. The van der Waals surface area contributed by atoms with Gasteiger partial charge >= 0.3 is 0 Å². The number of nitrogens with zero attached hydrogens (tertiary/aromatic N) is 1. The molecule has 2 heteroatoms. The van der Waals surface area contributed by atoms with Crippen LogP contribution in [0.25, 0.3) is 22.3 Å². The Hall–Kier alpha value is -5.86. The molecule has 1 aliphatic heterocycles. The summed E-state index contributed by atoms with van der Waals surface area (Å²) in [6.07, 6.45) is 0. The van der Waals surface area contributed by atoms with Gasteiger partial charge in [0, 0.05) is 17.1 Å². The summed E-state index contributed by atoms with van der Waals surface area (Å²) in [7, 11) is 0. The SMILES string of the molecule is c1ccc(-c2ccc(Nc3ccc4c(c3)-c3ccccc3C43c4ccccc4N(c4ccccc4)c4ccccc43)cc2)cc1. The average molecular weight is 575 g/mol. The molecule has 0 bridgehead atoms. The van der Waals surface area contributed by atoms with Gasteiger partial charge in [0.2, 0.25) is 0 Å². The van der Waals surface area contributed by atoms with Crippen LogP contribution in [-0.2, 0) is 5.41 Å². The summed E-state index contributed by atoms with van der Waals surface area (Å²) in [6.45, 7) is 0. The standard InChI is InChI=1S/C43H30N2/c1-3-13-30(14-4-1)31-23-25-32(26-24-31)44-33-27-28-38-36(29-33)35-17-7-8-18-37(35)43(38)39-19-9-11-21-41(39)45(34-15-5-2-6-16-34)42-22-12-10-20-40(42)43/h1-29,44H. The molecule has 1 N–H and O–H groups in total. The van der Waals surface area contributed by atoms with E-state index in [0.717, 1.165) is 17.1 Å². The summed E-state index contributed by atoms with van der Waals surface area (Å²) in [4.78, 5) is 2.42. The molecule has 1 aliphatic carbocycles. The normalized spacial score (nSPS) is 13.5. The molecule has 2 nitrogen and oxygen atoms in total. The number of hydrogen-bond donors (Lipinski definition) is 1. The van der Waals surface area contributed by atoms with E-state index in [1.54, 1.807) is 0 Å². The van der Waals surface area contributed by atoms with Crippen molar-refractivity contribution in [1.29, 1.82) is 0 Å². The maximum absolute atomic E-state index is 3.69. The van der Waals surface area contributed by atoms with Crippen molar-refractivity contribution in [3.05, 3.63) is 198 Å². The van der Waals surface area contributed by atoms with Crippen LogP contribution in [0.5, 0.6) is 0 Å². The number of anilines is 5. The minimum absolute atomic E-state index is 0.430. The second-order valence-electron chi connectivity index (χ2n) is 11.8. The van der Waals surface area contributed by atoms with Crippen molar-refractivity contribution in [2.75, 3.05) is 10.2 Å². The molecule has 9 rings (SSSR count). The Morgan fingerprint density at radius 3 is 1.58 bits per heavy atom. The molecular weight excluding hydrogens is 544 g/mol. The van der Waals surface area contributed by atoms with Gasteiger partial charge in [-0.1, -0.05) is 127 Å². The Balaban J connectivity index is 1.21. The molecule has 1 heterocycles. The fraction of sp³-hybridized carbons (Fsp3) is 0.0233. The minimum Gasteiger partial charge on any atom is -0.356 e. The van der Waals surface area contributed by atoms with Crippen LogP contribution in [0.15, 0.2) is 176 Å². The molecular formula is C43H30N2. The molecule has 0 radical (unpaired) electrons. The lowest BCUT2D eigenvalue weighted by Crippen LogP contribution is -2.36.